The normalized spacial score (nSPS) is 27.4. The molecule has 1 aromatic carbocycles. The van der Waals surface area contributed by atoms with E-state index in [9.17, 15) is 9.59 Å². The van der Waals surface area contributed by atoms with Crippen LogP contribution in [0, 0.1) is 13.8 Å². The predicted molar refractivity (Wildman–Crippen MR) is 94.7 cm³/mol. The number of benzene rings is 1. The number of thioether (sulfide) groups is 1. The number of piperazine rings is 2. The van der Waals surface area contributed by atoms with E-state index in [1.165, 1.54) is 16.7 Å². The molecule has 6 heteroatoms. The van der Waals surface area contributed by atoms with E-state index in [0.29, 0.717) is 19.0 Å². The molecule has 3 saturated heterocycles. The minimum Gasteiger partial charge on any atom is -0.326 e. The average molecular weight is 345 g/mol. The quantitative estimate of drug-likeness (QED) is 0.809. The van der Waals surface area contributed by atoms with Crippen LogP contribution in [0.4, 0.5) is 0 Å². The van der Waals surface area contributed by atoms with Crippen molar-refractivity contribution in [2.24, 2.45) is 0 Å². The first-order chi connectivity index (χ1) is 11.5. The second-order valence-corrected chi connectivity index (χ2v) is 8.02. The molecular formula is C18H23N3O2S. The first-order valence-electron chi connectivity index (χ1n) is 8.52. The van der Waals surface area contributed by atoms with Crippen molar-refractivity contribution in [3.8, 4) is 0 Å². The molecule has 0 unspecified atom stereocenters. The maximum atomic E-state index is 12.8. The van der Waals surface area contributed by atoms with Crippen molar-refractivity contribution < 1.29 is 9.59 Å². The predicted octanol–water partition coefficient (Wildman–Crippen LogP) is 1.23. The Labute approximate surface area is 147 Å². The summed E-state index contributed by atoms with van der Waals surface area (Å²) in [5, 5.41) is 0. The zero-order chi connectivity index (χ0) is 16.8. The molecule has 4 rings (SSSR count). The van der Waals surface area contributed by atoms with Gasteiger partial charge in [0.15, 0.2) is 0 Å². The Morgan fingerprint density at radius 3 is 2.62 bits per heavy atom. The van der Waals surface area contributed by atoms with Crippen molar-refractivity contribution in [1.82, 2.24) is 14.7 Å². The van der Waals surface area contributed by atoms with Crippen molar-refractivity contribution >= 4 is 23.6 Å². The number of hydrogen-bond donors (Lipinski definition) is 0. The number of rotatable bonds is 2. The van der Waals surface area contributed by atoms with Gasteiger partial charge in [0.05, 0.1) is 5.88 Å². The van der Waals surface area contributed by atoms with Gasteiger partial charge in [0, 0.05) is 31.9 Å². The van der Waals surface area contributed by atoms with E-state index in [1.807, 2.05) is 4.90 Å². The number of fused-ring (bicyclic) bond motifs is 2. The van der Waals surface area contributed by atoms with Crippen LogP contribution in [0.1, 0.15) is 16.7 Å². The Bertz CT molecular complexity index is 693. The van der Waals surface area contributed by atoms with Crippen molar-refractivity contribution in [1.29, 1.82) is 0 Å². The second-order valence-electron chi connectivity index (χ2n) is 7.02. The third-order valence-electron chi connectivity index (χ3n) is 5.46. The van der Waals surface area contributed by atoms with E-state index in [0.717, 1.165) is 18.8 Å². The number of aryl methyl sites for hydroxylation is 2. The van der Waals surface area contributed by atoms with Crippen LogP contribution in [-0.2, 0) is 16.1 Å². The highest BCUT2D eigenvalue weighted by molar-refractivity contribution is 7.99. The van der Waals surface area contributed by atoms with Crippen molar-refractivity contribution in [2.45, 2.75) is 32.5 Å². The molecule has 1 aromatic rings. The molecule has 5 nitrogen and oxygen atoms in total. The van der Waals surface area contributed by atoms with Gasteiger partial charge in [0.25, 0.3) is 0 Å². The molecule has 2 atom stereocenters. The van der Waals surface area contributed by atoms with Crippen molar-refractivity contribution in [3.63, 3.8) is 0 Å². The Balaban J connectivity index is 1.49. The summed E-state index contributed by atoms with van der Waals surface area (Å²) < 4.78 is 0. The number of nitrogens with zero attached hydrogens (tertiary/aromatic N) is 3. The lowest BCUT2D eigenvalue weighted by molar-refractivity contribution is -0.162. The lowest BCUT2D eigenvalue weighted by Crippen LogP contribution is -2.69. The van der Waals surface area contributed by atoms with Crippen LogP contribution < -0.4 is 0 Å². The molecule has 2 amide bonds. The molecule has 0 bridgehead atoms. The Morgan fingerprint density at radius 1 is 1.04 bits per heavy atom. The van der Waals surface area contributed by atoms with Crippen LogP contribution in [0.25, 0.3) is 0 Å². The largest absolute Gasteiger partial charge is 0.326 e. The fourth-order valence-electron chi connectivity index (χ4n) is 3.87. The van der Waals surface area contributed by atoms with Gasteiger partial charge in [-0.3, -0.25) is 14.5 Å². The molecule has 3 aliphatic rings. The van der Waals surface area contributed by atoms with E-state index < -0.39 is 0 Å². The van der Waals surface area contributed by atoms with Gasteiger partial charge in [0.1, 0.15) is 12.1 Å². The third-order valence-corrected chi connectivity index (χ3v) is 6.47. The zero-order valence-corrected chi connectivity index (χ0v) is 15.0. The molecule has 0 aromatic heterocycles. The monoisotopic (exact) mass is 345 g/mol. The number of amides is 2. The van der Waals surface area contributed by atoms with E-state index >= 15 is 0 Å². The van der Waals surface area contributed by atoms with Crippen LogP contribution in [0.3, 0.4) is 0 Å². The first-order valence-corrected chi connectivity index (χ1v) is 9.67. The molecule has 0 spiro atoms. The van der Waals surface area contributed by atoms with Crippen molar-refractivity contribution in [3.05, 3.63) is 34.9 Å². The van der Waals surface area contributed by atoms with Gasteiger partial charge in [-0.25, -0.2) is 0 Å². The third kappa shape index (κ3) is 2.62. The SMILES string of the molecule is Cc1ccc(CN2CCN3C(=O)[C@@H]4CSCN4C(=O)[C@H]3C2)cc1C. The zero-order valence-electron chi connectivity index (χ0n) is 14.2. The van der Waals surface area contributed by atoms with Gasteiger partial charge in [-0.15, -0.1) is 11.8 Å². The summed E-state index contributed by atoms with van der Waals surface area (Å²) in [7, 11) is 0. The summed E-state index contributed by atoms with van der Waals surface area (Å²) in [6, 6.07) is 6.03. The van der Waals surface area contributed by atoms with Gasteiger partial charge in [0.2, 0.25) is 11.8 Å². The van der Waals surface area contributed by atoms with E-state index in [-0.39, 0.29) is 23.9 Å². The smallest absolute Gasteiger partial charge is 0.248 e. The van der Waals surface area contributed by atoms with Gasteiger partial charge in [-0.2, -0.15) is 0 Å². The lowest BCUT2D eigenvalue weighted by Gasteiger charge is -2.47. The number of carbonyl (C=O) groups excluding carboxylic acids is 2. The first kappa shape index (κ1) is 16.0. The molecule has 3 heterocycles. The molecule has 0 saturated carbocycles. The van der Waals surface area contributed by atoms with Gasteiger partial charge >= 0.3 is 0 Å². The van der Waals surface area contributed by atoms with E-state index in [2.05, 4.69) is 36.9 Å². The summed E-state index contributed by atoms with van der Waals surface area (Å²) in [6.07, 6.45) is 0. The Morgan fingerprint density at radius 2 is 1.83 bits per heavy atom. The summed E-state index contributed by atoms with van der Waals surface area (Å²) in [5.74, 6) is 1.70. The molecule has 24 heavy (non-hydrogen) atoms. The Kier molecular flexibility index (Phi) is 4.04. The summed E-state index contributed by atoms with van der Waals surface area (Å²) in [5.41, 5.74) is 3.87. The van der Waals surface area contributed by atoms with Crippen LogP contribution in [0.5, 0.6) is 0 Å². The fourth-order valence-corrected chi connectivity index (χ4v) is 5.02. The summed E-state index contributed by atoms with van der Waals surface area (Å²) in [4.78, 5) is 31.3. The molecule has 3 fully saturated rings. The fraction of sp³-hybridized carbons (Fsp3) is 0.556. The highest BCUT2D eigenvalue weighted by Crippen LogP contribution is 2.30. The molecule has 0 N–H and O–H groups in total. The number of carbonyl (C=O) groups is 2. The molecule has 128 valence electrons. The van der Waals surface area contributed by atoms with E-state index in [1.54, 1.807) is 16.7 Å². The van der Waals surface area contributed by atoms with Gasteiger partial charge < -0.3 is 9.80 Å². The molecular weight excluding hydrogens is 322 g/mol. The minimum absolute atomic E-state index is 0.134. The van der Waals surface area contributed by atoms with Crippen LogP contribution in [0.2, 0.25) is 0 Å². The molecule has 3 aliphatic heterocycles. The minimum atomic E-state index is -0.298. The van der Waals surface area contributed by atoms with E-state index in [4.69, 9.17) is 0 Å². The lowest BCUT2D eigenvalue weighted by atomic mass is 10.0. The van der Waals surface area contributed by atoms with Gasteiger partial charge in [-0.05, 0) is 30.5 Å². The number of hydrogen-bond acceptors (Lipinski definition) is 4. The standard InChI is InChI=1S/C18H23N3O2S/c1-12-3-4-14(7-13(12)2)8-19-5-6-20-15(9-19)17(22)21-11-24-10-16(21)18(20)23/h3-4,7,15-16H,5-6,8-11H2,1-2H3/t15-,16+/m1/s1. The molecule has 0 aliphatic carbocycles. The average Bonchev–Trinajstić information content (AvgIpc) is 3.06. The maximum absolute atomic E-state index is 12.8. The maximum Gasteiger partial charge on any atom is 0.248 e. The Hall–Kier alpha value is -1.53. The van der Waals surface area contributed by atoms with Gasteiger partial charge in [-0.1, -0.05) is 18.2 Å². The van der Waals surface area contributed by atoms with Crippen LogP contribution in [0.15, 0.2) is 18.2 Å². The highest BCUT2D eigenvalue weighted by atomic mass is 32.2. The van der Waals surface area contributed by atoms with Crippen molar-refractivity contribution in [2.75, 3.05) is 31.3 Å². The molecule has 0 radical (unpaired) electrons. The summed E-state index contributed by atoms with van der Waals surface area (Å²) in [6.45, 7) is 7.23. The second kappa shape index (κ2) is 6.08. The van der Waals surface area contributed by atoms with Crippen LogP contribution in [-0.4, -0.2) is 69.9 Å². The highest BCUT2D eigenvalue weighted by Gasteiger charge is 2.49. The van der Waals surface area contributed by atoms with Crippen LogP contribution >= 0.6 is 11.8 Å². The topological polar surface area (TPSA) is 43.9 Å². The summed E-state index contributed by atoms with van der Waals surface area (Å²) >= 11 is 1.68.